The van der Waals surface area contributed by atoms with Gasteiger partial charge in [0.05, 0.1) is 12.7 Å². The molecule has 0 bridgehead atoms. The third-order valence-electron chi connectivity index (χ3n) is 1.48. The van der Waals surface area contributed by atoms with Crippen molar-refractivity contribution in [2.75, 3.05) is 12.3 Å². The molecule has 1 aromatic rings. The van der Waals surface area contributed by atoms with E-state index in [9.17, 15) is 4.79 Å². The number of ether oxygens (including phenoxy) is 1. The number of nitrogens with one attached hydrogen (secondary N) is 1. The standard InChI is InChI=1S/C8H13N3O2/c1-2-3-4-13-7-5-6(12)10-8(9)11-7/h5H,2-4H2,1H3,(H3,9,10,11,12). The highest BCUT2D eigenvalue weighted by Crippen LogP contribution is 2.03. The summed E-state index contributed by atoms with van der Waals surface area (Å²) < 4.78 is 5.20. The summed E-state index contributed by atoms with van der Waals surface area (Å²) in [6.07, 6.45) is 1.98. The first-order chi connectivity index (χ1) is 6.22. The Bertz CT molecular complexity index is 321. The molecule has 0 atom stereocenters. The van der Waals surface area contributed by atoms with E-state index in [4.69, 9.17) is 10.5 Å². The van der Waals surface area contributed by atoms with Crippen LogP contribution in [0.15, 0.2) is 10.9 Å². The number of hydrogen-bond donors (Lipinski definition) is 2. The van der Waals surface area contributed by atoms with Gasteiger partial charge in [0.1, 0.15) is 0 Å². The monoisotopic (exact) mass is 183 g/mol. The molecule has 5 nitrogen and oxygen atoms in total. The Balaban J connectivity index is 2.61. The minimum atomic E-state index is -0.293. The number of nitrogens with two attached hydrogens (primary N) is 1. The fourth-order valence-corrected chi connectivity index (χ4v) is 0.848. The summed E-state index contributed by atoms with van der Waals surface area (Å²) >= 11 is 0. The predicted molar refractivity (Wildman–Crippen MR) is 49.7 cm³/mol. The van der Waals surface area contributed by atoms with E-state index >= 15 is 0 Å². The maximum absolute atomic E-state index is 10.9. The Morgan fingerprint density at radius 1 is 1.69 bits per heavy atom. The Kier molecular flexibility index (Phi) is 3.31. The van der Waals surface area contributed by atoms with Gasteiger partial charge in [0.25, 0.3) is 5.56 Å². The number of hydrogen-bond acceptors (Lipinski definition) is 4. The van der Waals surface area contributed by atoms with Crippen molar-refractivity contribution in [3.63, 3.8) is 0 Å². The molecule has 5 heteroatoms. The highest BCUT2D eigenvalue weighted by molar-refractivity contribution is 5.20. The number of aromatic amines is 1. The lowest BCUT2D eigenvalue weighted by atomic mass is 10.4. The number of unbranched alkanes of at least 4 members (excludes halogenated alkanes) is 1. The zero-order valence-electron chi connectivity index (χ0n) is 7.54. The first kappa shape index (κ1) is 9.57. The lowest BCUT2D eigenvalue weighted by Gasteiger charge is -2.03. The molecule has 13 heavy (non-hydrogen) atoms. The van der Waals surface area contributed by atoms with E-state index in [0.717, 1.165) is 12.8 Å². The maximum Gasteiger partial charge on any atom is 0.256 e. The third-order valence-corrected chi connectivity index (χ3v) is 1.48. The highest BCUT2D eigenvalue weighted by atomic mass is 16.5. The van der Waals surface area contributed by atoms with Crippen molar-refractivity contribution in [2.45, 2.75) is 19.8 Å². The molecule has 0 aliphatic rings. The predicted octanol–water partition coefficient (Wildman–Crippen LogP) is 0.531. The topological polar surface area (TPSA) is 81.0 Å². The van der Waals surface area contributed by atoms with Gasteiger partial charge in [-0.2, -0.15) is 4.98 Å². The number of nitrogens with zero attached hydrogens (tertiary/aromatic N) is 1. The van der Waals surface area contributed by atoms with Gasteiger partial charge >= 0.3 is 0 Å². The average molecular weight is 183 g/mol. The third kappa shape index (κ3) is 3.14. The SMILES string of the molecule is CCCCOc1cc(=O)[nH]c(N)n1. The number of rotatable bonds is 4. The summed E-state index contributed by atoms with van der Waals surface area (Å²) in [7, 11) is 0. The van der Waals surface area contributed by atoms with Crippen molar-refractivity contribution in [1.29, 1.82) is 0 Å². The van der Waals surface area contributed by atoms with E-state index in [2.05, 4.69) is 16.9 Å². The van der Waals surface area contributed by atoms with Crippen molar-refractivity contribution in [3.05, 3.63) is 16.4 Å². The van der Waals surface area contributed by atoms with Gasteiger partial charge < -0.3 is 10.5 Å². The number of aromatic nitrogens is 2. The lowest BCUT2D eigenvalue weighted by molar-refractivity contribution is 0.297. The maximum atomic E-state index is 10.9. The quantitative estimate of drug-likeness (QED) is 0.667. The second-order valence-corrected chi connectivity index (χ2v) is 2.67. The molecule has 0 unspecified atom stereocenters. The Morgan fingerprint density at radius 3 is 3.08 bits per heavy atom. The lowest BCUT2D eigenvalue weighted by Crippen LogP contribution is -2.11. The summed E-state index contributed by atoms with van der Waals surface area (Å²) in [6.45, 7) is 2.62. The molecule has 0 saturated heterocycles. The minimum absolute atomic E-state index is 0.0824. The van der Waals surface area contributed by atoms with Gasteiger partial charge in [0.2, 0.25) is 11.8 Å². The molecule has 0 amide bonds. The average Bonchev–Trinajstić information content (AvgIpc) is 2.03. The smallest absolute Gasteiger partial charge is 0.256 e. The van der Waals surface area contributed by atoms with Gasteiger partial charge in [0.15, 0.2) is 0 Å². The van der Waals surface area contributed by atoms with E-state index in [-0.39, 0.29) is 17.4 Å². The van der Waals surface area contributed by atoms with Gasteiger partial charge in [-0.05, 0) is 6.42 Å². The van der Waals surface area contributed by atoms with Crippen LogP contribution >= 0.6 is 0 Å². The van der Waals surface area contributed by atoms with Crippen LogP contribution in [0.1, 0.15) is 19.8 Å². The molecule has 0 spiro atoms. The fourth-order valence-electron chi connectivity index (χ4n) is 0.848. The molecule has 0 fully saturated rings. The molecule has 0 aliphatic heterocycles. The molecule has 3 N–H and O–H groups in total. The number of nitrogen functional groups attached to an aromatic ring is 1. The van der Waals surface area contributed by atoms with Gasteiger partial charge in [-0.15, -0.1) is 0 Å². The van der Waals surface area contributed by atoms with E-state index in [0.29, 0.717) is 6.61 Å². The zero-order chi connectivity index (χ0) is 9.68. The molecule has 1 heterocycles. The van der Waals surface area contributed by atoms with Crippen molar-refractivity contribution in [1.82, 2.24) is 9.97 Å². The van der Waals surface area contributed by atoms with Crippen molar-refractivity contribution >= 4 is 5.95 Å². The fraction of sp³-hybridized carbons (Fsp3) is 0.500. The second kappa shape index (κ2) is 4.49. The molecule has 0 aromatic carbocycles. The Labute approximate surface area is 75.9 Å². The van der Waals surface area contributed by atoms with E-state index < -0.39 is 0 Å². The van der Waals surface area contributed by atoms with Gasteiger partial charge in [0, 0.05) is 0 Å². The van der Waals surface area contributed by atoms with Crippen LogP contribution in [0.5, 0.6) is 5.88 Å². The zero-order valence-corrected chi connectivity index (χ0v) is 7.54. The summed E-state index contributed by atoms with van der Waals surface area (Å²) in [4.78, 5) is 17.0. The molecule has 1 aromatic heterocycles. The normalized spacial score (nSPS) is 9.92. The number of anilines is 1. The van der Waals surface area contributed by atoms with Crippen LogP contribution in [0.3, 0.4) is 0 Å². The van der Waals surface area contributed by atoms with Gasteiger partial charge in [-0.25, -0.2) is 0 Å². The van der Waals surface area contributed by atoms with E-state index in [1.54, 1.807) is 0 Å². The molecule has 72 valence electrons. The minimum Gasteiger partial charge on any atom is -0.477 e. The Morgan fingerprint density at radius 2 is 2.46 bits per heavy atom. The van der Waals surface area contributed by atoms with Crippen LogP contribution in [-0.2, 0) is 0 Å². The molecular formula is C8H13N3O2. The van der Waals surface area contributed by atoms with Crippen molar-refractivity contribution in [2.24, 2.45) is 0 Å². The van der Waals surface area contributed by atoms with Gasteiger partial charge in [-0.1, -0.05) is 13.3 Å². The highest BCUT2D eigenvalue weighted by Gasteiger charge is 1.98. The number of H-pyrrole nitrogens is 1. The van der Waals surface area contributed by atoms with Crippen molar-refractivity contribution < 1.29 is 4.74 Å². The molecule has 0 radical (unpaired) electrons. The van der Waals surface area contributed by atoms with Crippen LogP contribution in [-0.4, -0.2) is 16.6 Å². The van der Waals surface area contributed by atoms with Crippen LogP contribution in [0.25, 0.3) is 0 Å². The van der Waals surface area contributed by atoms with Crippen LogP contribution in [0, 0.1) is 0 Å². The summed E-state index contributed by atoms with van der Waals surface area (Å²) in [5, 5.41) is 0. The van der Waals surface area contributed by atoms with Crippen LogP contribution < -0.4 is 16.0 Å². The second-order valence-electron chi connectivity index (χ2n) is 2.67. The first-order valence-corrected chi connectivity index (χ1v) is 4.22. The summed E-state index contributed by atoms with van der Waals surface area (Å²) in [6, 6.07) is 1.28. The summed E-state index contributed by atoms with van der Waals surface area (Å²) in [5.74, 6) is 0.369. The summed E-state index contributed by atoms with van der Waals surface area (Å²) in [5.41, 5.74) is 5.02. The molecule has 1 rings (SSSR count). The van der Waals surface area contributed by atoms with Gasteiger partial charge in [-0.3, -0.25) is 9.78 Å². The van der Waals surface area contributed by atoms with Crippen LogP contribution in [0.4, 0.5) is 5.95 Å². The Hall–Kier alpha value is -1.52. The largest absolute Gasteiger partial charge is 0.477 e. The first-order valence-electron chi connectivity index (χ1n) is 4.22. The molecular weight excluding hydrogens is 170 g/mol. The van der Waals surface area contributed by atoms with E-state index in [1.807, 2.05) is 0 Å². The van der Waals surface area contributed by atoms with Crippen molar-refractivity contribution in [3.8, 4) is 5.88 Å². The van der Waals surface area contributed by atoms with Crippen LogP contribution in [0.2, 0.25) is 0 Å². The molecule has 0 saturated carbocycles. The van der Waals surface area contributed by atoms with E-state index in [1.165, 1.54) is 6.07 Å². The molecule has 0 aliphatic carbocycles.